The molecule has 16 heavy (non-hydrogen) atoms. The number of rotatable bonds is 3. The first-order valence-corrected chi connectivity index (χ1v) is 5.14. The Kier molecular flexibility index (Phi) is 2.72. The van der Waals surface area contributed by atoms with Crippen molar-refractivity contribution in [2.24, 2.45) is 0 Å². The van der Waals surface area contributed by atoms with E-state index in [1.165, 1.54) is 4.68 Å². The van der Waals surface area contributed by atoms with Crippen LogP contribution in [0.3, 0.4) is 0 Å². The topological polar surface area (TPSA) is 95.6 Å². The van der Waals surface area contributed by atoms with Gasteiger partial charge in [0.1, 0.15) is 11.6 Å². The van der Waals surface area contributed by atoms with Crippen LogP contribution >= 0.6 is 0 Å². The van der Waals surface area contributed by atoms with Crippen LogP contribution in [0.5, 0.6) is 0 Å². The zero-order chi connectivity index (χ0) is 11.5. The number of anilines is 2. The summed E-state index contributed by atoms with van der Waals surface area (Å²) in [4.78, 5) is 8.36. The summed E-state index contributed by atoms with van der Waals surface area (Å²) >= 11 is 0. The largest absolute Gasteiger partial charge is 0.383 e. The first-order chi connectivity index (χ1) is 7.72. The Labute approximate surface area is 93.3 Å². The maximum Gasteiger partial charge on any atom is 0.254 e. The van der Waals surface area contributed by atoms with Crippen molar-refractivity contribution in [1.82, 2.24) is 19.7 Å². The van der Waals surface area contributed by atoms with Gasteiger partial charge in [0, 0.05) is 18.0 Å². The zero-order valence-electron chi connectivity index (χ0n) is 9.09. The molecule has 0 spiro atoms. The molecule has 0 radical (unpaired) electrons. The molecule has 2 rings (SSSR count). The lowest BCUT2D eigenvalue weighted by Crippen LogP contribution is -2.11. The van der Waals surface area contributed by atoms with Gasteiger partial charge < -0.3 is 11.5 Å². The lowest BCUT2D eigenvalue weighted by molar-refractivity contribution is 0.803. The molecule has 0 saturated carbocycles. The highest BCUT2D eigenvalue weighted by Gasteiger charge is 2.10. The van der Waals surface area contributed by atoms with Crippen molar-refractivity contribution in [3.8, 4) is 5.95 Å². The quantitative estimate of drug-likeness (QED) is 0.793. The number of nitrogens with two attached hydrogens (primary N) is 2. The van der Waals surface area contributed by atoms with Crippen LogP contribution in [-0.4, -0.2) is 19.7 Å². The van der Waals surface area contributed by atoms with Gasteiger partial charge in [0.25, 0.3) is 5.95 Å². The van der Waals surface area contributed by atoms with Gasteiger partial charge in [0.15, 0.2) is 0 Å². The van der Waals surface area contributed by atoms with Crippen LogP contribution in [0.1, 0.15) is 18.9 Å². The van der Waals surface area contributed by atoms with Crippen LogP contribution in [0.2, 0.25) is 0 Å². The van der Waals surface area contributed by atoms with Crippen molar-refractivity contribution in [3.63, 3.8) is 0 Å². The Morgan fingerprint density at radius 3 is 2.44 bits per heavy atom. The van der Waals surface area contributed by atoms with Crippen molar-refractivity contribution in [3.05, 3.63) is 24.0 Å². The van der Waals surface area contributed by atoms with Gasteiger partial charge in [-0.05, 0) is 12.5 Å². The van der Waals surface area contributed by atoms with Crippen molar-refractivity contribution >= 4 is 11.6 Å². The second kappa shape index (κ2) is 4.18. The summed E-state index contributed by atoms with van der Waals surface area (Å²) < 4.78 is 1.53. The predicted molar refractivity (Wildman–Crippen MR) is 62.0 cm³/mol. The van der Waals surface area contributed by atoms with E-state index in [-0.39, 0.29) is 0 Å². The Balaban J connectivity index is 2.45. The Morgan fingerprint density at radius 1 is 1.25 bits per heavy atom. The van der Waals surface area contributed by atoms with Crippen LogP contribution in [0.15, 0.2) is 18.5 Å². The third-order valence-corrected chi connectivity index (χ3v) is 2.27. The molecule has 2 heterocycles. The molecule has 84 valence electrons. The number of hydrogen-bond donors (Lipinski definition) is 2. The third kappa shape index (κ3) is 1.81. The standard InChI is InChI=1S/C10H14N6/c1-2-4-7-8(11)14-10(15-9(7)12)16-6-3-5-13-16/h3,5-6H,2,4H2,1H3,(H4,11,12,14,15). The fourth-order valence-corrected chi connectivity index (χ4v) is 1.50. The van der Waals surface area contributed by atoms with Gasteiger partial charge in [-0.1, -0.05) is 13.3 Å². The predicted octanol–water partition coefficient (Wildman–Crippen LogP) is 0.779. The van der Waals surface area contributed by atoms with Crippen LogP contribution < -0.4 is 11.5 Å². The highest BCUT2D eigenvalue weighted by atomic mass is 15.3. The molecule has 4 N–H and O–H groups in total. The summed E-state index contributed by atoms with van der Waals surface area (Å²) in [5.41, 5.74) is 12.5. The summed E-state index contributed by atoms with van der Waals surface area (Å²) in [6, 6.07) is 1.79. The van der Waals surface area contributed by atoms with Crippen LogP contribution in [0.25, 0.3) is 5.95 Å². The molecule has 0 fully saturated rings. The SMILES string of the molecule is CCCc1c(N)nc(-n2cccn2)nc1N. The molecule has 6 heteroatoms. The average molecular weight is 218 g/mol. The molecule has 0 saturated heterocycles. The molecule has 0 amide bonds. The van der Waals surface area contributed by atoms with Gasteiger partial charge in [-0.15, -0.1) is 0 Å². The van der Waals surface area contributed by atoms with Crippen molar-refractivity contribution < 1.29 is 0 Å². The summed E-state index contributed by atoms with van der Waals surface area (Å²) in [5, 5.41) is 4.02. The monoisotopic (exact) mass is 218 g/mol. The molecule has 2 aromatic rings. The summed E-state index contributed by atoms with van der Waals surface area (Å²) in [6.45, 7) is 2.06. The van der Waals surface area contributed by atoms with E-state index < -0.39 is 0 Å². The molecular formula is C10H14N6. The minimum absolute atomic E-state index is 0.403. The third-order valence-electron chi connectivity index (χ3n) is 2.27. The normalized spacial score (nSPS) is 10.6. The summed E-state index contributed by atoms with van der Waals surface area (Å²) in [6.07, 6.45) is 5.14. The molecular weight excluding hydrogens is 204 g/mol. The first-order valence-electron chi connectivity index (χ1n) is 5.14. The van der Waals surface area contributed by atoms with Crippen molar-refractivity contribution in [2.45, 2.75) is 19.8 Å². The Bertz CT molecular complexity index is 453. The maximum absolute atomic E-state index is 5.84. The molecule has 2 aromatic heterocycles. The number of aromatic nitrogens is 4. The van der Waals surface area contributed by atoms with E-state index in [0.717, 1.165) is 18.4 Å². The molecule has 6 nitrogen and oxygen atoms in total. The molecule has 0 aromatic carbocycles. The Hall–Kier alpha value is -2.11. The smallest absolute Gasteiger partial charge is 0.254 e. The molecule has 0 aliphatic rings. The average Bonchev–Trinajstić information content (AvgIpc) is 2.76. The number of hydrogen-bond acceptors (Lipinski definition) is 5. The van der Waals surface area contributed by atoms with Crippen molar-refractivity contribution in [1.29, 1.82) is 0 Å². The van der Waals surface area contributed by atoms with E-state index in [0.29, 0.717) is 17.6 Å². The van der Waals surface area contributed by atoms with E-state index in [4.69, 9.17) is 11.5 Å². The first kappa shape index (κ1) is 10.4. The van der Waals surface area contributed by atoms with E-state index in [9.17, 15) is 0 Å². The summed E-state index contributed by atoms with van der Waals surface area (Å²) in [5.74, 6) is 1.26. The zero-order valence-corrected chi connectivity index (χ0v) is 9.09. The lowest BCUT2D eigenvalue weighted by atomic mass is 10.1. The van der Waals surface area contributed by atoms with E-state index >= 15 is 0 Å². The second-order valence-electron chi connectivity index (χ2n) is 3.47. The minimum atomic E-state index is 0.403. The van der Waals surface area contributed by atoms with Crippen LogP contribution in [0, 0.1) is 0 Å². The minimum Gasteiger partial charge on any atom is -0.383 e. The van der Waals surface area contributed by atoms with E-state index in [2.05, 4.69) is 22.0 Å². The van der Waals surface area contributed by atoms with E-state index in [1.807, 2.05) is 0 Å². The van der Waals surface area contributed by atoms with Crippen LogP contribution in [0.4, 0.5) is 11.6 Å². The van der Waals surface area contributed by atoms with Gasteiger partial charge in [-0.2, -0.15) is 15.1 Å². The number of nitrogens with zero attached hydrogens (tertiary/aromatic N) is 4. The van der Waals surface area contributed by atoms with Crippen LogP contribution in [-0.2, 0) is 6.42 Å². The molecule has 0 atom stereocenters. The van der Waals surface area contributed by atoms with E-state index in [1.54, 1.807) is 18.5 Å². The summed E-state index contributed by atoms with van der Waals surface area (Å²) in [7, 11) is 0. The fourth-order valence-electron chi connectivity index (χ4n) is 1.50. The van der Waals surface area contributed by atoms with Gasteiger partial charge in [-0.25, -0.2) is 4.68 Å². The lowest BCUT2D eigenvalue weighted by Gasteiger charge is -2.08. The van der Waals surface area contributed by atoms with Gasteiger partial charge in [0.05, 0.1) is 0 Å². The maximum atomic E-state index is 5.84. The molecule has 0 aliphatic carbocycles. The van der Waals surface area contributed by atoms with Gasteiger partial charge >= 0.3 is 0 Å². The van der Waals surface area contributed by atoms with Gasteiger partial charge in [0.2, 0.25) is 0 Å². The van der Waals surface area contributed by atoms with Crippen molar-refractivity contribution in [2.75, 3.05) is 11.5 Å². The highest BCUT2D eigenvalue weighted by Crippen LogP contribution is 2.18. The molecule has 0 unspecified atom stereocenters. The molecule has 0 aliphatic heterocycles. The number of nitrogen functional groups attached to an aromatic ring is 2. The highest BCUT2D eigenvalue weighted by molar-refractivity contribution is 5.54. The Morgan fingerprint density at radius 2 is 1.94 bits per heavy atom. The fraction of sp³-hybridized carbons (Fsp3) is 0.300. The second-order valence-corrected chi connectivity index (χ2v) is 3.47. The van der Waals surface area contributed by atoms with Gasteiger partial charge in [-0.3, -0.25) is 0 Å². The molecule has 0 bridgehead atoms.